The molecule has 1 aliphatic rings. The molecule has 1 aromatic heterocycles. The Morgan fingerprint density at radius 2 is 1.49 bits per heavy atom. The lowest BCUT2D eigenvalue weighted by Crippen LogP contribution is -2.48. The molecule has 0 N–H and O–H groups in total. The topological polar surface area (TPSA) is 59.3 Å². The Balaban J connectivity index is 1.29. The van der Waals surface area contributed by atoms with E-state index in [1.807, 2.05) is 28.9 Å². The normalized spacial score (nSPS) is 15.1. The van der Waals surface area contributed by atoms with Crippen LogP contribution in [0.4, 0.5) is 0 Å². The van der Waals surface area contributed by atoms with Crippen LogP contribution in [-0.2, 0) is 0 Å². The lowest BCUT2D eigenvalue weighted by molar-refractivity contribution is 0.113. The van der Waals surface area contributed by atoms with Crippen molar-refractivity contribution in [3.05, 3.63) is 137 Å². The van der Waals surface area contributed by atoms with Gasteiger partial charge >= 0.3 is 0 Å². The van der Waals surface area contributed by atoms with Crippen molar-refractivity contribution in [3.63, 3.8) is 0 Å². The maximum atomic E-state index is 6.29. The molecule has 0 radical (unpaired) electrons. The average Bonchev–Trinajstić information content (AvgIpc) is 3.49. The van der Waals surface area contributed by atoms with Gasteiger partial charge in [-0.25, -0.2) is 0 Å². The van der Waals surface area contributed by atoms with Crippen LogP contribution in [0, 0.1) is 20.8 Å². The summed E-state index contributed by atoms with van der Waals surface area (Å²) >= 11 is 0. The predicted octanol–water partition coefficient (Wildman–Crippen LogP) is 6.80. The van der Waals surface area contributed by atoms with Crippen molar-refractivity contribution >= 4 is 6.08 Å². The van der Waals surface area contributed by atoms with Crippen molar-refractivity contribution in [2.45, 2.75) is 26.8 Å². The van der Waals surface area contributed by atoms with Crippen LogP contribution in [0.3, 0.4) is 0 Å². The highest BCUT2D eigenvalue weighted by Crippen LogP contribution is 2.33. The van der Waals surface area contributed by atoms with Crippen molar-refractivity contribution in [1.82, 2.24) is 30.0 Å². The monoisotopic (exact) mass is 570 g/mol. The first-order valence-electron chi connectivity index (χ1n) is 14.9. The Hall–Kier alpha value is -4.59. The molecule has 1 atom stereocenters. The number of benzene rings is 4. The molecule has 6 rings (SSSR count). The van der Waals surface area contributed by atoms with E-state index in [1.165, 1.54) is 11.1 Å². The number of rotatable bonds is 9. The van der Waals surface area contributed by atoms with Crippen molar-refractivity contribution in [2.24, 2.45) is 0 Å². The molecular formula is C36H38N6O. The number of piperazine rings is 1. The minimum Gasteiger partial charge on any atom is -0.457 e. The van der Waals surface area contributed by atoms with Crippen LogP contribution in [0.2, 0.25) is 0 Å². The summed E-state index contributed by atoms with van der Waals surface area (Å²) in [4.78, 5) is 5.00. The minimum absolute atomic E-state index is 0.141. The van der Waals surface area contributed by atoms with Gasteiger partial charge in [0, 0.05) is 32.7 Å². The Kier molecular flexibility index (Phi) is 8.72. The van der Waals surface area contributed by atoms with Gasteiger partial charge in [-0.3, -0.25) is 9.80 Å². The molecule has 0 spiro atoms. The molecule has 7 heteroatoms. The molecule has 0 saturated carbocycles. The molecule has 4 aromatic carbocycles. The van der Waals surface area contributed by atoms with Crippen molar-refractivity contribution in [1.29, 1.82) is 0 Å². The Labute approximate surface area is 254 Å². The number of aryl methyl sites for hydroxylation is 3. The Morgan fingerprint density at radius 1 is 0.767 bits per heavy atom. The van der Waals surface area contributed by atoms with Gasteiger partial charge in [-0.1, -0.05) is 90.5 Å². The highest BCUT2D eigenvalue weighted by molar-refractivity contribution is 5.49. The van der Waals surface area contributed by atoms with E-state index < -0.39 is 0 Å². The fourth-order valence-corrected chi connectivity index (χ4v) is 5.78. The van der Waals surface area contributed by atoms with Crippen LogP contribution in [0.15, 0.2) is 103 Å². The second kappa shape index (κ2) is 13.2. The molecule has 1 unspecified atom stereocenters. The zero-order valence-electron chi connectivity index (χ0n) is 25.1. The summed E-state index contributed by atoms with van der Waals surface area (Å²) in [6, 6.07) is 33.1. The van der Waals surface area contributed by atoms with Crippen LogP contribution in [-0.4, -0.2) is 62.7 Å². The van der Waals surface area contributed by atoms with Gasteiger partial charge < -0.3 is 4.74 Å². The zero-order valence-corrected chi connectivity index (χ0v) is 25.1. The second-order valence-electron chi connectivity index (χ2n) is 11.2. The van der Waals surface area contributed by atoms with Gasteiger partial charge in [0.05, 0.1) is 11.7 Å². The minimum atomic E-state index is -0.141. The van der Waals surface area contributed by atoms with E-state index in [0.717, 1.165) is 72.4 Å². The summed E-state index contributed by atoms with van der Waals surface area (Å²) < 4.78 is 8.22. The van der Waals surface area contributed by atoms with Crippen molar-refractivity contribution in [2.75, 3.05) is 32.7 Å². The molecule has 1 aliphatic heterocycles. The highest BCUT2D eigenvalue weighted by Gasteiger charge is 2.31. The smallest absolute Gasteiger partial charge is 0.178 e. The Bertz CT molecular complexity index is 1650. The molecule has 218 valence electrons. The fraction of sp³-hybridized carbons (Fsp3) is 0.250. The number of nitrogens with zero attached hydrogens (tertiary/aromatic N) is 6. The van der Waals surface area contributed by atoms with E-state index in [2.05, 4.69) is 131 Å². The third-order valence-corrected chi connectivity index (χ3v) is 8.07. The van der Waals surface area contributed by atoms with Gasteiger partial charge in [0.15, 0.2) is 5.82 Å². The van der Waals surface area contributed by atoms with E-state index in [1.54, 1.807) is 0 Å². The lowest BCUT2D eigenvalue weighted by Gasteiger charge is -2.38. The van der Waals surface area contributed by atoms with Gasteiger partial charge in [0.2, 0.25) is 0 Å². The predicted molar refractivity (Wildman–Crippen MR) is 172 cm³/mol. The largest absolute Gasteiger partial charge is 0.457 e. The van der Waals surface area contributed by atoms with Crippen LogP contribution in [0.25, 0.3) is 11.8 Å². The first kappa shape index (κ1) is 28.5. The molecule has 43 heavy (non-hydrogen) atoms. The van der Waals surface area contributed by atoms with Gasteiger partial charge in [-0.2, -0.15) is 4.68 Å². The molecule has 2 heterocycles. The number of aromatic nitrogens is 4. The van der Waals surface area contributed by atoms with E-state index in [-0.39, 0.29) is 6.04 Å². The van der Waals surface area contributed by atoms with E-state index in [9.17, 15) is 0 Å². The van der Waals surface area contributed by atoms with Gasteiger partial charge in [0.25, 0.3) is 0 Å². The summed E-state index contributed by atoms with van der Waals surface area (Å²) in [5.41, 5.74) is 6.84. The van der Waals surface area contributed by atoms with E-state index in [4.69, 9.17) is 4.74 Å². The van der Waals surface area contributed by atoms with Gasteiger partial charge in [-0.05, 0) is 77.7 Å². The second-order valence-corrected chi connectivity index (χ2v) is 11.2. The number of tetrazole rings is 1. The fourth-order valence-electron chi connectivity index (χ4n) is 5.78. The molecule has 0 bridgehead atoms. The standard InChI is InChI=1S/C36H38N6O/c1-27-17-19-32(20-18-27)43-33-16-8-15-31(26-33)35(36-37-38-39-42(36)34-28(2)10-7-11-29(34)3)41-24-22-40(23-25-41)21-9-14-30-12-5-4-6-13-30/h4-20,26,35H,21-25H2,1-3H3/b14-9+. The first-order valence-corrected chi connectivity index (χ1v) is 14.9. The molecule has 0 aliphatic carbocycles. The van der Waals surface area contributed by atoms with Crippen LogP contribution in [0.5, 0.6) is 11.5 Å². The Morgan fingerprint density at radius 3 is 2.23 bits per heavy atom. The van der Waals surface area contributed by atoms with Gasteiger partial charge in [0.1, 0.15) is 11.5 Å². The first-order chi connectivity index (χ1) is 21.0. The maximum absolute atomic E-state index is 6.29. The third kappa shape index (κ3) is 6.74. The summed E-state index contributed by atoms with van der Waals surface area (Å²) in [6.07, 6.45) is 4.46. The quantitative estimate of drug-likeness (QED) is 0.194. The number of hydrogen-bond donors (Lipinski definition) is 0. The third-order valence-electron chi connectivity index (χ3n) is 8.07. The summed E-state index contributed by atoms with van der Waals surface area (Å²) in [5, 5.41) is 13.3. The summed E-state index contributed by atoms with van der Waals surface area (Å²) in [5.74, 6) is 2.42. The summed E-state index contributed by atoms with van der Waals surface area (Å²) in [6.45, 7) is 10.9. The molecule has 0 amide bonds. The summed E-state index contributed by atoms with van der Waals surface area (Å²) in [7, 11) is 0. The molecule has 1 saturated heterocycles. The SMILES string of the molecule is Cc1ccc(Oc2cccc(C(c3nnnn3-c3c(C)cccc3C)N3CCN(C/C=C/c4ccccc4)CC3)c2)cc1. The van der Waals surface area contributed by atoms with Gasteiger partial charge in [-0.15, -0.1) is 5.10 Å². The van der Waals surface area contributed by atoms with Crippen LogP contribution >= 0.6 is 0 Å². The highest BCUT2D eigenvalue weighted by atomic mass is 16.5. The number of ether oxygens (including phenoxy) is 1. The van der Waals surface area contributed by atoms with E-state index >= 15 is 0 Å². The van der Waals surface area contributed by atoms with Crippen molar-refractivity contribution < 1.29 is 4.74 Å². The molecule has 1 fully saturated rings. The maximum Gasteiger partial charge on any atom is 0.178 e. The number of hydrogen-bond acceptors (Lipinski definition) is 6. The molecule has 5 aromatic rings. The number of para-hydroxylation sites is 1. The molecular weight excluding hydrogens is 532 g/mol. The van der Waals surface area contributed by atoms with Crippen LogP contribution in [0.1, 0.15) is 39.7 Å². The molecule has 7 nitrogen and oxygen atoms in total. The van der Waals surface area contributed by atoms with E-state index in [0.29, 0.717) is 0 Å². The average molecular weight is 571 g/mol. The van der Waals surface area contributed by atoms with Crippen molar-refractivity contribution in [3.8, 4) is 17.2 Å². The lowest BCUT2D eigenvalue weighted by atomic mass is 10.0. The zero-order chi connectivity index (χ0) is 29.6. The van der Waals surface area contributed by atoms with Crippen LogP contribution < -0.4 is 4.74 Å².